The van der Waals surface area contributed by atoms with Crippen molar-refractivity contribution in [1.82, 2.24) is 14.9 Å². The molecule has 2 N–H and O–H groups in total. The molecule has 1 fully saturated rings. The van der Waals surface area contributed by atoms with Crippen LogP contribution in [0.15, 0.2) is 23.1 Å². The quantitative estimate of drug-likeness (QED) is 0.663. The van der Waals surface area contributed by atoms with Crippen LogP contribution in [0.4, 0.5) is 0 Å². The van der Waals surface area contributed by atoms with Crippen LogP contribution in [0, 0.1) is 0 Å². The molecule has 0 heterocycles. The van der Waals surface area contributed by atoms with Crippen LogP contribution < -0.4 is 10.6 Å². The summed E-state index contributed by atoms with van der Waals surface area (Å²) in [5, 5.41) is 5.57. The first kappa shape index (κ1) is 22.6. The number of carbonyl (C=O) groups is 2. The second-order valence-electron chi connectivity index (χ2n) is 6.82. The van der Waals surface area contributed by atoms with E-state index in [4.69, 9.17) is 11.6 Å². The molecule has 1 saturated carbocycles. The summed E-state index contributed by atoms with van der Waals surface area (Å²) in [6.07, 6.45) is 5.29. The fraction of sp³-hybridized carbons (Fsp3) is 0.579. The molecule has 1 aliphatic carbocycles. The highest BCUT2D eigenvalue weighted by Crippen LogP contribution is 2.23. The molecular weight excluding hydrogens is 402 g/mol. The highest BCUT2D eigenvalue weighted by Gasteiger charge is 2.24. The van der Waals surface area contributed by atoms with Crippen molar-refractivity contribution in [3.8, 4) is 0 Å². The zero-order chi connectivity index (χ0) is 20.7. The number of sulfonamides is 1. The number of rotatable bonds is 8. The number of halogens is 1. The lowest BCUT2D eigenvalue weighted by molar-refractivity contribution is -0.121. The van der Waals surface area contributed by atoms with E-state index in [9.17, 15) is 18.0 Å². The molecule has 2 rings (SSSR count). The third-order valence-electron chi connectivity index (χ3n) is 4.91. The zero-order valence-corrected chi connectivity index (χ0v) is 17.9. The summed E-state index contributed by atoms with van der Waals surface area (Å²) in [7, 11) is -3.71. The van der Waals surface area contributed by atoms with Crippen LogP contribution in [0.25, 0.3) is 0 Å². The molecule has 0 saturated heterocycles. The lowest BCUT2D eigenvalue weighted by atomic mass is 9.95. The van der Waals surface area contributed by atoms with Gasteiger partial charge in [0.2, 0.25) is 15.9 Å². The third-order valence-corrected chi connectivity index (χ3v) is 7.28. The number of nitrogens with zero attached hydrogens (tertiary/aromatic N) is 1. The molecule has 0 aliphatic heterocycles. The van der Waals surface area contributed by atoms with Gasteiger partial charge in [-0.3, -0.25) is 9.59 Å². The minimum Gasteiger partial charge on any atom is -0.352 e. The molecule has 0 bridgehead atoms. The summed E-state index contributed by atoms with van der Waals surface area (Å²) in [4.78, 5) is 24.5. The predicted molar refractivity (Wildman–Crippen MR) is 109 cm³/mol. The van der Waals surface area contributed by atoms with E-state index in [-0.39, 0.29) is 34.0 Å². The molecule has 7 nitrogen and oxygen atoms in total. The first-order valence-electron chi connectivity index (χ1n) is 9.66. The van der Waals surface area contributed by atoms with Crippen LogP contribution in [0.5, 0.6) is 0 Å². The molecular formula is C19H28ClN3O4S. The van der Waals surface area contributed by atoms with Crippen molar-refractivity contribution in [1.29, 1.82) is 0 Å². The van der Waals surface area contributed by atoms with Gasteiger partial charge in [0.1, 0.15) is 0 Å². The van der Waals surface area contributed by atoms with Crippen molar-refractivity contribution in [2.75, 3.05) is 19.6 Å². The third kappa shape index (κ3) is 5.68. The van der Waals surface area contributed by atoms with Gasteiger partial charge in [-0.1, -0.05) is 44.7 Å². The fourth-order valence-corrected chi connectivity index (χ4v) is 5.02. The van der Waals surface area contributed by atoms with E-state index >= 15 is 0 Å². The van der Waals surface area contributed by atoms with E-state index in [0.29, 0.717) is 13.1 Å². The van der Waals surface area contributed by atoms with Crippen LogP contribution in [0.3, 0.4) is 0 Å². The number of hydrogen-bond acceptors (Lipinski definition) is 4. The van der Waals surface area contributed by atoms with E-state index in [2.05, 4.69) is 10.6 Å². The first-order chi connectivity index (χ1) is 13.3. The van der Waals surface area contributed by atoms with E-state index < -0.39 is 15.9 Å². The van der Waals surface area contributed by atoms with Crippen molar-refractivity contribution in [3.63, 3.8) is 0 Å². The van der Waals surface area contributed by atoms with Crippen LogP contribution in [0.2, 0.25) is 5.02 Å². The van der Waals surface area contributed by atoms with Crippen molar-refractivity contribution < 1.29 is 18.0 Å². The molecule has 2 amide bonds. The van der Waals surface area contributed by atoms with Crippen molar-refractivity contribution >= 4 is 33.4 Å². The minimum absolute atomic E-state index is 0.00240. The van der Waals surface area contributed by atoms with Gasteiger partial charge in [-0.25, -0.2) is 8.42 Å². The second kappa shape index (κ2) is 10.2. The van der Waals surface area contributed by atoms with Gasteiger partial charge >= 0.3 is 0 Å². The first-order valence-corrected chi connectivity index (χ1v) is 11.5. The van der Waals surface area contributed by atoms with Crippen molar-refractivity contribution in [3.05, 3.63) is 28.8 Å². The lowest BCUT2D eigenvalue weighted by Crippen LogP contribution is -2.42. The Bertz CT molecular complexity index is 803. The van der Waals surface area contributed by atoms with Gasteiger partial charge in [0.25, 0.3) is 5.91 Å². The molecule has 1 aliphatic rings. The number of nitrogens with one attached hydrogen (secondary N) is 2. The van der Waals surface area contributed by atoms with E-state index in [1.54, 1.807) is 13.8 Å². The van der Waals surface area contributed by atoms with Crippen LogP contribution in [-0.4, -0.2) is 50.2 Å². The smallest absolute Gasteiger partial charge is 0.253 e. The topological polar surface area (TPSA) is 95.6 Å². The largest absolute Gasteiger partial charge is 0.352 e. The number of amides is 2. The zero-order valence-electron chi connectivity index (χ0n) is 16.3. The SMILES string of the molecule is CCN(CC)S(=O)(=O)c1ccc(Cl)c(C(=O)NCC(=O)NC2CCCCC2)c1. The maximum Gasteiger partial charge on any atom is 0.253 e. The van der Waals surface area contributed by atoms with Gasteiger partial charge < -0.3 is 10.6 Å². The molecule has 1 aromatic carbocycles. The molecule has 28 heavy (non-hydrogen) atoms. The number of benzene rings is 1. The summed E-state index contributed by atoms with van der Waals surface area (Å²) in [6, 6.07) is 4.17. The molecule has 0 unspecified atom stereocenters. The van der Waals surface area contributed by atoms with E-state index in [1.807, 2.05) is 0 Å². The molecule has 0 atom stereocenters. The lowest BCUT2D eigenvalue weighted by Gasteiger charge is -2.22. The van der Waals surface area contributed by atoms with Crippen LogP contribution in [-0.2, 0) is 14.8 Å². The normalized spacial score (nSPS) is 15.4. The Labute approximate surface area is 171 Å². The van der Waals surface area contributed by atoms with E-state index in [1.165, 1.54) is 28.9 Å². The van der Waals surface area contributed by atoms with Crippen molar-refractivity contribution in [2.45, 2.75) is 56.9 Å². The minimum atomic E-state index is -3.71. The van der Waals surface area contributed by atoms with Gasteiger partial charge in [-0.2, -0.15) is 4.31 Å². The van der Waals surface area contributed by atoms with Gasteiger partial charge in [-0.15, -0.1) is 0 Å². The van der Waals surface area contributed by atoms with Crippen LogP contribution in [0.1, 0.15) is 56.3 Å². The highest BCUT2D eigenvalue weighted by atomic mass is 35.5. The summed E-state index contributed by atoms with van der Waals surface area (Å²) >= 11 is 6.09. The molecule has 0 spiro atoms. The Morgan fingerprint density at radius 2 is 1.79 bits per heavy atom. The second-order valence-corrected chi connectivity index (χ2v) is 9.16. The van der Waals surface area contributed by atoms with Crippen LogP contribution >= 0.6 is 11.6 Å². The van der Waals surface area contributed by atoms with Gasteiger partial charge in [0, 0.05) is 19.1 Å². The van der Waals surface area contributed by atoms with Gasteiger partial charge in [0.05, 0.1) is 22.0 Å². The maximum absolute atomic E-state index is 12.7. The Morgan fingerprint density at radius 1 is 1.14 bits per heavy atom. The highest BCUT2D eigenvalue weighted by molar-refractivity contribution is 7.89. The summed E-state index contributed by atoms with van der Waals surface area (Å²) in [6.45, 7) is 3.96. The molecule has 156 valence electrons. The molecule has 0 aromatic heterocycles. The Balaban J connectivity index is 2.05. The Hall–Kier alpha value is -1.64. The fourth-order valence-electron chi connectivity index (χ4n) is 3.33. The average molecular weight is 430 g/mol. The number of hydrogen-bond donors (Lipinski definition) is 2. The molecule has 9 heteroatoms. The van der Waals surface area contributed by atoms with E-state index in [0.717, 1.165) is 25.7 Å². The predicted octanol–water partition coefficient (Wildman–Crippen LogP) is 2.55. The monoisotopic (exact) mass is 429 g/mol. The average Bonchev–Trinajstić information content (AvgIpc) is 2.68. The molecule has 0 radical (unpaired) electrons. The summed E-state index contributed by atoms with van der Waals surface area (Å²) in [5.41, 5.74) is 0.0281. The maximum atomic E-state index is 12.7. The van der Waals surface area contributed by atoms with Gasteiger partial charge in [0.15, 0.2) is 0 Å². The summed E-state index contributed by atoms with van der Waals surface area (Å²) in [5.74, 6) is -0.844. The Morgan fingerprint density at radius 3 is 2.39 bits per heavy atom. The molecule has 1 aromatic rings. The standard InChI is InChI=1S/C19H28ClN3O4S/c1-3-23(4-2)28(26,27)15-10-11-17(20)16(12-15)19(25)21-13-18(24)22-14-8-6-5-7-9-14/h10-12,14H,3-9,13H2,1-2H3,(H,21,25)(H,22,24). The number of carbonyl (C=O) groups excluding carboxylic acids is 2. The van der Waals surface area contributed by atoms with Crippen molar-refractivity contribution in [2.24, 2.45) is 0 Å². The van der Waals surface area contributed by atoms with Gasteiger partial charge in [-0.05, 0) is 31.0 Å². The Kier molecular flexibility index (Phi) is 8.27. The summed E-state index contributed by atoms with van der Waals surface area (Å²) < 4.78 is 26.6.